The predicted octanol–water partition coefficient (Wildman–Crippen LogP) is 3.03. The third-order valence-electron chi connectivity index (χ3n) is 3.15. The Morgan fingerprint density at radius 2 is 1.87 bits per heavy atom. The van der Waals surface area contributed by atoms with Crippen molar-refractivity contribution in [2.24, 2.45) is 0 Å². The summed E-state index contributed by atoms with van der Waals surface area (Å²) < 4.78 is 38.5. The van der Waals surface area contributed by atoms with Crippen molar-refractivity contribution in [2.45, 2.75) is 19.8 Å². The van der Waals surface area contributed by atoms with Crippen molar-refractivity contribution in [1.82, 2.24) is 4.98 Å². The lowest BCUT2D eigenvalue weighted by atomic mass is 10.1. The van der Waals surface area contributed by atoms with E-state index in [1.54, 1.807) is 37.4 Å². The zero-order valence-electron chi connectivity index (χ0n) is 12.9. The number of nitrogens with zero attached hydrogens (tertiary/aromatic N) is 1. The molecular weight excluding hydrogens is 317 g/mol. The maximum atomic E-state index is 12.8. The molecule has 2 N–H and O–H groups in total. The Hall–Kier alpha value is -2.15. The average molecular weight is 337 g/mol. The van der Waals surface area contributed by atoms with Gasteiger partial charge in [-0.25, -0.2) is 17.8 Å². The van der Waals surface area contributed by atoms with Crippen molar-refractivity contribution < 1.29 is 12.8 Å². The second kappa shape index (κ2) is 7.92. The fourth-order valence-electron chi connectivity index (χ4n) is 2.04. The van der Waals surface area contributed by atoms with Crippen LogP contribution in [-0.4, -0.2) is 25.7 Å². The highest BCUT2D eigenvalue weighted by molar-refractivity contribution is 7.92. The molecule has 23 heavy (non-hydrogen) atoms. The summed E-state index contributed by atoms with van der Waals surface area (Å²) in [5.74, 6) is 0.140. The van der Waals surface area contributed by atoms with Gasteiger partial charge in [-0.3, -0.25) is 4.72 Å². The van der Waals surface area contributed by atoms with Crippen molar-refractivity contribution in [3.05, 3.63) is 54.0 Å². The topological polar surface area (TPSA) is 71.1 Å². The minimum Gasteiger partial charge on any atom is -0.383 e. The summed E-state index contributed by atoms with van der Waals surface area (Å²) in [5, 5.41) is 3.19. The van der Waals surface area contributed by atoms with E-state index in [1.165, 1.54) is 12.1 Å². The second-order valence-electron chi connectivity index (χ2n) is 5.16. The van der Waals surface area contributed by atoms with Crippen LogP contribution in [0.3, 0.4) is 0 Å². The molecule has 0 atom stereocenters. The lowest BCUT2D eigenvalue weighted by Crippen LogP contribution is -2.16. The van der Waals surface area contributed by atoms with Gasteiger partial charge in [0.2, 0.25) is 10.0 Å². The largest absolute Gasteiger partial charge is 0.383 e. The van der Waals surface area contributed by atoms with Crippen molar-refractivity contribution in [3.8, 4) is 0 Å². The van der Waals surface area contributed by atoms with Gasteiger partial charge in [-0.05, 0) is 42.7 Å². The Balaban J connectivity index is 1.84. The minimum absolute atomic E-state index is 0.0757. The number of hydrogen-bond acceptors (Lipinski definition) is 4. The lowest BCUT2D eigenvalue weighted by molar-refractivity contribution is 0.599. The highest BCUT2D eigenvalue weighted by atomic mass is 32.2. The molecule has 2 rings (SSSR count). The van der Waals surface area contributed by atoms with Gasteiger partial charge in [0.05, 0.1) is 17.6 Å². The highest BCUT2D eigenvalue weighted by Crippen LogP contribution is 2.12. The Morgan fingerprint density at radius 3 is 2.48 bits per heavy atom. The standard InChI is InChI=1S/C16H20FN3O2S/c1-2-11-23(21,22)20-16-8-7-15(12-19-16)18-10-9-13-3-5-14(17)6-4-13/h3-8,12,18H,2,9-11H2,1H3,(H,19,20). The fraction of sp³-hybridized carbons (Fsp3) is 0.312. The number of nitrogens with one attached hydrogen (secondary N) is 2. The quantitative estimate of drug-likeness (QED) is 0.777. The van der Waals surface area contributed by atoms with Crippen LogP contribution in [0, 0.1) is 5.82 Å². The van der Waals surface area contributed by atoms with Crippen LogP contribution >= 0.6 is 0 Å². The molecule has 0 aliphatic rings. The molecule has 0 spiro atoms. The number of rotatable bonds is 8. The van der Waals surface area contributed by atoms with Gasteiger partial charge in [0.1, 0.15) is 11.6 Å². The molecule has 124 valence electrons. The summed E-state index contributed by atoms with van der Waals surface area (Å²) in [6.45, 7) is 2.48. The fourth-order valence-corrected chi connectivity index (χ4v) is 3.12. The van der Waals surface area contributed by atoms with Crippen molar-refractivity contribution in [2.75, 3.05) is 22.3 Å². The van der Waals surface area contributed by atoms with E-state index >= 15 is 0 Å². The molecule has 0 fully saturated rings. The van der Waals surface area contributed by atoms with Crippen LogP contribution in [-0.2, 0) is 16.4 Å². The normalized spacial score (nSPS) is 11.2. The Bertz CT molecular complexity index is 716. The van der Waals surface area contributed by atoms with E-state index in [0.717, 1.165) is 17.7 Å². The molecule has 0 aliphatic heterocycles. The molecule has 0 amide bonds. The van der Waals surface area contributed by atoms with Gasteiger partial charge in [0.15, 0.2) is 0 Å². The van der Waals surface area contributed by atoms with Gasteiger partial charge >= 0.3 is 0 Å². The molecule has 5 nitrogen and oxygen atoms in total. The van der Waals surface area contributed by atoms with Crippen molar-refractivity contribution in [3.63, 3.8) is 0 Å². The van der Waals surface area contributed by atoms with Gasteiger partial charge in [0.25, 0.3) is 0 Å². The summed E-state index contributed by atoms with van der Waals surface area (Å²) in [4.78, 5) is 4.08. The molecule has 0 bridgehead atoms. The molecule has 2 aromatic rings. The van der Waals surface area contributed by atoms with Crippen molar-refractivity contribution >= 4 is 21.5 Å². The predicted molar refractivity (Wildman–Crippen MR) is 90.5 cm³/mol. The molecule has 0 aliphatic carbocycles. The van der Waals surface area contributed by atoms with E-state index in [4.69, 9.17) is 0 Å². The van der Waals surface area contributed by atoms with Gasteiger partial charge in [-0.15, -0.1) is 0 Å². The van der Waals surface area contributed by atoms with Gasteiger partial charge < -0.3 is 5.32 Å². The maximum absolute atomic E-state index is 12.8. The summed E-state index contributed by atoms with van der Waals surface area (Å²) in [6.07, 6.45) is 2.89. The number of halogens is 1. The first-order valence-corrected chi connectivity index (χ1v) is 9.08. The molecule has 0 unspecified atom stereocenters. The number of sulfonamides is 1. The minimum atomic E-state index is -3.32. The van der Waals surface area contributed by atoms with E-state index in [1.807, 2.05) is 0 Å². The third kappa shape index (κ3) is 5.86. The highest BCUT2D eigenvalue weighted by Gasteiger charge is 2.09. The van der Waals surface area contributed by atoms with Crippen LogP contribution in [0.1, 0.15) is 18.9 Å². The van der Waals surface area contributed by atoms with Gasteiger partial charge in [0, 0.05) is 6.54 Å². The zero-order valence-corrected chi connectivity index (χ0v) is 13.7. The van der Waals surface area contributed by atoms with E-state index in [9.17, 15) is 12.8 Å². The number of anilines is 2. The molecule has 1 heterocycles. The first kappa shape index (κ1) is 17.2. The summed E-state index contributed by atoms with van der Waals surface area (Å²) >= 11 is 0. The molecule has 0 saturated carbocycles. The molecule has 0 radical (unpaired) electrons. The molecule has 7 heteroatoms. The van der Waals surface area contributed by atoms with Crippen LogP contribution in [0.4, 0.5) is 15.9 Å². The van der Waals surface area contributed by atoms with E-state index < -0.39 is 10.0 Å². The van der Waals surface area contributed by atoms with E-state index in [-0.39, 0.29) is 11.6 Å². The van der Waals surface area contributed by atoms with Crippen LogP contribution in [0.25, 0.3) is 0 Å². The van der Waals surface area contributed by atoms with Crippen LogP contribution in [0.15, 0.2) is 42.6 Å². The Kier molecular flexibility index (Phi) is 5.92. The molecular formula is C16H20FN3O2S. The first-order chi connectivity index (χ1) is 11.0. The molecule has 1 aromatic heterocycles. The van der Waals surface area contributed by atoms with Crippen LogP contribution < -0.4 is 10.0 Å². The summed E-state index contributed by atoms with van der Waals surface area (Å²) in [5.41, 5.74) is 1.83. The van der Waals surface area contributed by atoms with Crippen LogP contribution in [0.2, 0.25) is 0 Å². The number of aromatic nitrogens is 1. The van der Waals surface area contributed by atoms with Crippen molar-refractivity contribution in [1.29, 1.82) is 0 Å². The lowest BCUT2D eigenvalue weighted by Gasteiger charge is -2.09. The second-order valence-corrected chi connectivity index (χ2v) is 7.00. The molecule has 1 aromatic carbocycles. The SMILES string of the molecule is CCCS(=O)(=O)Nc1ccc(NCCc2ccc(F)cc2)cn1. The van der Waals surface area contributed by atoms with E-state index in [0.29, 0.717) is 18.8 Å². The summed E-state index contributed by atoms with van der Waals surface area (Å²) in [6, 6.07) is 9.76. The van der Waals surface area contributed by atoms with Crippen LogP contribution in [0.5, 0.6) is 0 Å². The monoisotopic (exact) mass is 337 g/mol. The number of benzene rings is 1. The maximum Gasteiger partial charge on any atom is 0.233 e. The van der Waals surface area contributed by atoms with Gasteiger partial charge in [-0.1, -0.05) is 19.1 Å². The summed E-state index contributed by atoms with van der Waals surface area (Å²) in [7, 11) is -3.32. The molecule has 0 saturated heterocycles. The Labute approximate surface area is 136 Å². The average Bonchev–Trinajstić information content (AvgIpc) is 2.50. The van der Waals surface area contributed by atoms with Gasteiger partial charge in [-0.2, -0.15) is 0 Å². The third-order valence-corrected chi connectivity index (χ3v) is 4.62. The van der Waals surface area contributed by atoms with E-state index in [2.05, 4.69) is 15.0 Å². The Morgan fingerprint density at radius 1 is 1.13 bits per heavy atom. The number of hydrogen-bond donors (Lipinski definition) is 2. The zero-order chi connectivity index (χ0) is 16.7. The first-order valence-electron chi connectivity index (χ1n) is 7.43. The smallest absolute Gasteiger partial charge is 0.233 e. The number of pyridine rings is 1.